The summed E-state index contributed by atoms with van der Waals surface area (Å²) in [5.74, 6) is 0. The molecule has 0 spiro atoms. The first-order chi connectivity index (χ1) is 8.16. The van der Waals surface area contributed by atoms with Crippen LogP contribution in [0.4, 0.5) is 0 Å². The van der Waals surface area contributed by atoms with Gasteiger partial charge in [0.05, 0.1) is 6.21 Å². The molecule has 0 saturated carbocycles. The Morgan fingerprint density at radius 3 is 3.12 bits per heavy atom. The second kappa shape index (κ2) is 5.20. The van der Waals surface area contributed by atoms with Crippen LogP contribution in [0.25, 0.3) is 10.2 Å². The number of nitrogens with zero attached hydrogens (tertiary/aromatic N) is 3. The molecule has 0 aliphatic carbocycles. The first-order valence-electron chi connectivity index (χ1n) is 5.02. The van der Waals surface area contributed by atoms with Crippen LogP contribution in [0, 0.1) is 0 Å². The molecule has 2 aromatic rings. The lowest BCUT2D eigenvalue weighted by atomic mass is 10.3. The standard InChI is InChI=1S/C11H12N4S2/c1-15(2)11(16)14-13-7-9-6-8-4-3-5-12-10(8)17-9/h3-7H,1-2H3,(H,14,16)/b13-7+. The Morgan fingerprint density at radius 2 is 2.41 bits per heavy atom. The van der Waals surface area contributed by atoms with Gasteiger partial charge in [-0.3, -0.25) is 5.43 Å². The largest absolute Gasteiger partial charge is 0.354 e. The molecule has 0 aliphatic rings. The molecule has 2 aromatic heterocycles. The predicted octanol–water partition coefficient (Wildman–Crippen LogP) is 2.07. The molecule has 0 fully saturated rings. The Balaban J connectivity index is 2.08. The van der Waals surface area contributed by atoms with Crippen molar-refractivity contribution in [3.05, 3.63) is 29.3 Å². The van der Waals surface area contributed by atoms with E-state index >= 15 is 0 Å². The molecular formula is C11H12N4S2. The number of hydrazone groups is 1. The Labute approximate surface area is 109 Å². The monoisotopic (exact) mass is 264 g/mol. The topological polar surface area (TPSA) is 40.5 Å². The van der Waals surface area contributed by atoms with Crippen molar-refractivity contribution in [3.63, 3.8) is 0 Å². The van der Waals surface area contributed by atoms with E-state index in [2.05, 4.69) is 21.6 Å². The summed E-state index contributed by atoms with van der Waals surface area (Å²) >= 11 is 6.65. The number of fused-ring (bicyclic) bond motifs is 1. The number of aromatic nitrogens is 1. The van der Waals surface area contributed by atoms with E-state index in [1.165, 1.54) is 0 Å². The molecule has 0 aromatic carbocycles. The molecule has 0 amide bonds. The number of pyridine rings is 1. The number of hydrogen-bond acceptors (Lipinski definition) is 4. The van der Waals surface area contributed by atoms with Crippen LogP contribution in [0.5, 0.6) is 0 Å². The average molecular weight is 264 g/mol. The van der Waals surface area contributed by atoms with Gasteiger partial charge in [-0.2, -0.15) is 5.10 Å². The van der Waals surface area contributed by atoms with Gasteiger partial charge in [0.15, 0.2) is 5.11 Å². The van der Waals surface area contributed by atoms with Crippen molar-refractivity contribution < 1.29 is 0 Å². The molecule has 88 valence electrons. The number of thiocarbonyl (C=S) groups is 1. The minimum Gasteiger partial charge on any atom is -0.354 e. The third-order valence-corrected chi connectivity index (χ3v) is 3.52. The van der Waals surface area contributed by atoms with E-state index in [4.69, 9.17) is 12.2 Å². The zero-order valence-electron chi connectivity index (χ0n) is 9.54. The maximum atomic E-state index is 5.05. The van der Waals surface area contributed by atoms with Crippen LogP contribution < -0.4 is 5.43 Å². The second-order valence-electron chi connectivity index (χ2n) is 3.62. The zero-order valence-corrected chi connectivity index (χ0v) is 11.2. The molecule has 0 bridgehead atoms. The van der Waals surface area contributed by atoms with Crippen molar-refractivity contribution in [1.29, 1.82) is 0 Å². The van der Waals surface area contributed by atoms with Crippen LogP contribution >= 0.6 is 23.6 Å². The highest BCUT2D eigenvalue weighted by atomic mass is 32.1. The van der Waals surface area contributed by atoms with Crippen molar-refractivity contribution in [2.24, 2.45) is 5.10 Å². The molecule has 0 atom stereocenters. The van der Waals surface area contributed by atoms with Crippen LogP contribution in [0.15, 0.2) is 29.5 Å². The number of hydrogen-bond donors (Lipinski definition) is 1. The van der Waals surface area contributed by atoms with Crippen molar-refractivity contribution in [1.82, 2.24) is 15.3 Å². The summed E-state index contributed by atoms with van der Waals surface area (Å²) in [6.07, 6.45) is 3.54. The Morgan fingerprint density at radius 1 is 1.59 bits per heavy atom. The quantitative estimate of drug-likeness (QED) is 0.512. The number of nitrogens with one attached hydrogen (secondary N) is 1. The van der Waals surface area contributed by atoms with E-state index in [0.29, 0.717) is 5.11 Å². The Kier molecular flexibility index (Phi) is 3.65. The van der Waals surface area contributed by atoms with Crippen molar-refractivity contribution in [2.75, 3.05) is 14.1 Å². The van der Waals surface area contributed by atoms with Crippen LogP contribution in [0.3, 0.4) is 0 Å². The molecule has 0 unspecified atom stereocenters. The number of rotatable bonds is 2. The Bertz CT molecular complexity index is 526. The van der Waals surface area contributed by atoms with Crippen molar-refractivity contribution in [2.45, 2.75) is 0 Å². The molecule has 2 heterocycles. The lowest BCUT2D eigenvalue weighted by Crippen LogP contribution is -2.30. The fourth-order valence-corrected chi connectivity index (χ4v) is 2.13. The fourth-order valence-electron chi connectivity index (χ4n) is 1.21. The summed E-state index contributed by atoms with van der Waals surface area (Å²) in [4.78, 5) is 8.13. The van der Waals surface area contributed by atoms with Gasteiger partial charge in [-0.1, -0.05) is 6.07 Å². The molecule has 2 rings (SSSR count). The predicted molar refractivity (Wildman–Crippen MR) is 76.6 cm³/mol. The van der Waals surface area contributed by atoms with Gasteiger partial charge in [0.1, 0.15) is 4.83 Å². The summed E-state index contributed by atoms with van der Waals surface area (Å²) in [6, 6.07) is 6.01. The lowest BCUT2D eigenvalue weighted by molar-refractivity contribution is 0.606. The zero-order chi connectivity index (χ0) is 12.3. The van der Waals surface area contributed by atoms with Gasteiger partial charge >= 0.3 is 0 Å². The van der Waals surface area contributed by atoms with Crippen molar-refractivity contribution >= 4 is 45.1 Å². The van der Waals surface area contributed by atoms with Gasteiger partial charge < -0.3 is 4.90 Å². The second-order valence-corrected chi connectivity index (χ2v) is 5.07. The van der Waals surface area contributed by atoms with Gasteiger partial charge in [-0.25, -0.2) is 4.98 Å². The van der Waals surface area contributed by atoms with Crippen LogP contribution in [-0.2, 0) is 0 Å². The average Bonchev–Trinajstić information content (AvgIpc) is 2.71. The van der Waals surface area contributed by atoms with Gasteiger partial charge in [-0.05, 0) is 24.4 Å². The minimum atomic E-state index is 0.584. The molecule has 0 saturated heterocycles. The van der Waals surface area contributed by atoms with E-state index < -0.39 is 0 Å². The molecule has 4 nitrogen and oxygen atoms in total. The summed E-state index contributed by atoms with van der Waals surface area (Å²) in [7, 11) is 3.74. The van der Waals surface area contributed by atoms with Gasteiger partial charge in [0.2, 0.25) is 0 Å². The Hall–Kier alpha value is -1.53. The molecule has 17 heavy (non-hydrogen) atoms. The van der Waals surface area contributed by atoms with Crippen LogP contribution in [0.2, 0.25) is 0 Å². The normalized spacial score (nSPS) is 10.9. The van der Waals surface area contributed by atoms with Crippen LogP contribution in [-0.4, -0.2) is 35.3 Å². The molecule has 0 aliphatic heterocycles. The maximum absolute atomic E-state index is 5.05. The maximum Gasteiger partial charge on any atom is 0.189 e. The highest BCUT2D eigenvalue weighted by molar-refractivity contribution is 7.80. The fraction of sp³-hybridized carbons (Fsp3) is 0.182. The van der Waals surface area contributed by atoms with Crippen LogP contribution in [0.1, 0.15) is 4.88 Å². The minimum absolute atomic E-state index is 0.584. The molecule has 6 heteroatoms. The molecule has 1 N–H and O–H groups in total. The van der Waals surface area contributed by atoms with E-state index in [-0.39, 0.29) is 0 Å². The van der Waals surface area contributed by atoms with E-state index in [1.807, 2.05) is 26.2 Å². The first-order valence-corrected chi connectivity index (χ1v) is 6.24. The van der Waals surface area contributed by atoms with Gasteiger partial charge in [0.25, 0.3) is 0 Å². The summed E-state index contributed by atoms with van der Waals surface area (Å²) in [6.45, 7) is 0. The molecule has 0 radical (unpaired) electrons. The van der Waals surface area contributed by atoms with Crippen molar-refractivity contribution in [3.8, 4) is 0 Å². The highest BCUT2D eigenvalue weighted by Crippen LogP contribution is 2.21. The lowest BCUT2D eigenvalue weighted by Gasteiger charge is -2.11. The first kappa shape index (κ1) is 11.9. The SMILES string of the molecule is CN(C)C(=S)N/N=C/c1cc2cccnc2s1. The summed E-state index contributed by atoms with van der Waals surface area (Å²) < 4.78 is 0. The summed E-state index contributed by atoms with van der Waals surface area (Å²) in [5, 5.41) is 5.80. The van der Waals surface area contributed by atoms with E-state index in [0.717, 1.165) is 15.1 Å². The number of thiophene rings is 1. The van der Waals surface area contributed by atoms with Gasteiger partial charge in [-0.15, -0.1) is 11.3 Å². The van der Waals surface area contributed by atoms with E-state index in [9.17, 15) is 0 Å². The third kappa shape index (κ3) is 2.98. The smallest absolute Gasteiger partial charge is 0.189 e. The van der Waals surface area contributed by atoms with Gasteiger partial charge in [0, 0.05) is 30.6 Å². The molecular weight excluding hydrogens is 252 g/mol. The summed E-state index contributed by atoms with van der Waals surface area (Å²) in [5.41, 5.74) is 2.79. The third-order valence-electron chi connectivity index (χ3n) is 2.07. The van der Waals surface area contributed by atoms with E-state index in [1.54, 1.807) is 28.6 Å². The highest BCUT2D eigenvalue weighted by Gasteiger charge is 1.99.